The monoisotopic (exact) mass is 496 g/mol. The van der Waals surface area contributed by atoms with Crippen LogP contribution < -0.4 is 9.46 Å². The first kappa shape index (κ1) is 25.9. The molecule has 0 heterocycles. The molecule has 0 unspecified atom stereocenters. The largest absolute Gasteiger partial charge is 0.491 e. The van der Waals surface area contributed by atoms with Gasteiger partial charge in [0, 0.05) is 12.2 Å². The minimum absolute atomic E-state index is 0. The molecule has 164 valence electrons. The standard InChI is InChI=1S/C22H28N2O4S.BrH/c1-4-24(5-2)15-16-28-22-14-12-19(23-29(3,26)27)17-20(22)21(25)13-11-18-9-7-6-8-10-18;/h6-14,17,23H,4-5,15-16H2,1-3H3;1H. The van der Waals surface area contributed by atoms with Gasteiger partial charge in [0.25, 0.3) is 0 Å². The second-order valence-electron chi connectivity index (χ2n) is 6.57. The molecule has 0 aromatic heterocycles. The topological polar surface area (TPSA) is 75.7 Å². The van der Waals surface area contributed by atoms with Gasteiger partial charge < -0.3 is 9.64 Å². The number of hydrogen-bond donors (Lipinski definition) is 1. The molecule has 0 radical (unpaired) electrons. The molecule has 0 atom stereocenters. The molecule has 0 fully saturated rings. The molecule has 0 aliphatic carbocycles. The number of benzene rings is 2. The molecule has 0 bridgehead atoms. The number of carbonyl (C=O) groups excluding carboxylic acids is 1. The highest BCUT2D eigenvalue weighted by atomic mass is 79.9. The van der Waals surface area contributed by atoms with Crippen molar-refractivity contribution in [2.75, 3.05) is 37.2 Å². The predicted molar refractivity (Wildman–Crippen MR) is 128 cm³/mol. The first-order chi connectivity index (χ1) is 13.8. The third kappa shape index (κ3) is 8.69. The number of anilines is 1. The highest BCUT2D eigenvalue weighted by Crippen LogP contribution is 2.25. The van der Waals surface area contributed by atoms with Crippen molar-refractivity contribution >= 4 is 44.6 Å². The van der Waals surface area contributed by atoms with Gasteiger partial charge in [0.15, 0.2) is 5.78 Å². The van der Waals surface area contributed by atoms with Crippen molar-refractivity contribution in [2.24, 2.45) is 0 Å². The Bertz CT molecular complexity index is 943. The Kier molecular flexibility index (Phi) is 10.8. The van der Waals surface area contributed by atoms with Crippen molar-refractivity contribution in [3.05, 3.63) is 65.7 Å². The normalized spacial score (nSPS) is 11.3. The molecule has 30 heavy (non-hydrogen) atoms. The summed E-state index contributed by atoms with van der Waals surface area (Å²) in [5.74, 6) is 0.169. The molecule has 1 N–H and O–H groups in total. The molecule has 0 aliphatic heterocycles. The number of ketones is 1. The molecule has 0 spiro atoms. The van der Waals surface area contributed by atoms with Crippen LogP contribution in [0, 0.1) is 0 Å². The number of sulfonamides is 1. The average molecular weight is 497 g/mol. The number of ether oxygens (including phenoxy) is 1. The van der Waals surface area contributed by atoms with Crippen LogP contribution >= 0.6 is 17.0 Å². The maximum Gasteiger partial charge on any atom is 0.229 e. The lowest BCUT2D eigenvalue weighted by Gasteiger charge is -2.19. The van der Waals surface area contributed by atoms with Crippen LogP contribution in [-0.4, -0.2) is 51.6 Å². The van der Waals surface area contributed by atoms with Gasteiger partial charge in [-0.2, -0.15) is 0 Å². The van der Waals surface area contributed by atoms with Gasteiger partial charge >= 0.3 is 0 Å². The van der Waals surface area contributed by atoms with E-state index in [1.54, 1.807) is 18.2 Å². The Morgan fingerprint density at radius 2 is 1.77 bits per heavy atom. The third-order valence-corrected chi connectivity index (χ3v) is 4.94. The number of likely N-dealkylation sites (N-methyl/N-ethyl adjacent to an activating group) is 1. The SMILES string of the molecule is Br.CCN(CC)CCOc1ccc(NS(C)(=O)=O)cc1C(=O)C=Cc1ccccc1. The second kappa shape index (κ2) is 12.5. The average Bonchev–Trinajstić information content (AvgIpc) is 2.70. The summed E-state index contributed by atoms with van der Waals surface area (Å²) in [5, 5.41) is 0. The Morgan fingerprint density at radius 1 is 1.10 bits per heavy atom. The van der Waals surface area contributed by atoms with Crippen molar-refractivity contribution < 1.29 is 17.9 Å². The molecule has 0 amide bonds. The molecule has 0 aliphatic rings. The van der Waals surface area contributed by atoms with E-state index in [4.69, 9.17) is 4.74 Å². The van der Waals surface area contributed by atoms with Crippen molar-refractivity contribution in [3.8, 4) is 5.75 Å². The van der Waals surface area contributed by atoms with Crippen LogP contribution in [-0.2, 0) is 10.0 Å². The Labute approximate surface area is 189 Å². The lowest BCUT2D eigenvalue weighted by molar-refractivity contribution is 0.104. The van der Waals surface area contributed by atoms with E-state index >= 15 is 0 Å². The summed E-state index contributed by atoms with van der Waals surface area (Å²) < 4.78 is 31.3. The Hall–Kier alpha value is -2.16. The molecule has 2 aromatic rings. The minimum atomic E-state index is -3.45. The fraction of sp³-hybridized carbons (Fsp3) is 0.318. The Balaban J connectivity index is 0.00000450. The summed E-state index contributed by atoms with van der Waals surface area (Å²) in [6.07, 6.45) is 4.25. The van der Waals surface area contributed by atoms with E-state index in [9.17, 15) is 13.2 Å². The zero-order valence-electron chi connectivity index (χ0n) is 17.5. The van der Waals surface area contributed by atoms with Crippen molar-refractivity contribution in [2.45, 2.75) is 13.8 Å². The predicted octanol–water partition coefficient (Wildman–Crippen LogP) is 4.25. The lowest BCUT2D eigenvalue weighted by Crippen LogP contribution is -2.28. The molecule has 0 saturated heterocycles. The first-order valence-corrected chi connectivity index (χ1v) is 11.5. The highest BCUT2D eigenvalue weighted by Gasteiger charge is 2.14. The van der Waals surface area contributed by atoms with E-state index in [0.717, 1.165) is 31.5 Å². The number of allylic oxidation sites excluding steroid dienone is 1. The third-order valence-electron chi connectivity index (χ3n) is 4.33. The van der Waals surface area contributed by atoms with Gasteiger partial charge in [-0.15, -0.1) is 17.0 Å². The van der Waals surface area contributed by atoms with Gasteiger partial charge in [-0.1, -0.05) is 50.3 Å². The summed E-state index contributed by atoms with van der Waals surface area (Å²) in [6, 6.07) is 14.2. The van der Waals surface area contributed by atoms with Crippen LogP contribution in [0.3, 0.4) is 0 Å². The van der Waals surface area contributed by atoms with Gasteiger partial charge in [-0.3, -0.25) is 9.52 Å². The molecule has 6 nitrogen and oxygen atoms in total. The van der Waals surface area contributed by atoms with Crippen LogP contribution in [0.1, 0.15) is 29.8 Å². The fourth-order valence-electron chi connectivity index (χ4n) is 2.78. The Morgan fingerprint density at radius 3 is 2.37 bits per heavy atom. The zero-order valence-corrected chi connectivity index (χ0v) is 20.0. The van der Waals surface area contributed by atoms with Crippen molar-refractivity contribution in [1.82, 2.24) is 4.90 Å². The minimum Gasteiger partial charge on any atom is -0.491 e. The van der Waals surface area contributed by atoms with Crippen LogP contribution in [0.5, 0.6) is 5.75 Å². The van der Waals surface area contributed by atoms with Crippen LogP contribution in [0.25, 0.3) is 6.08 Å². The summed E-state index contributed by atoms with van der Waals surface area (Å²) in [4.78, 5) is 15.0. The summed E-state index contributed by atoms with van der Waals surface area (Å²) in [6.45, 7) is 7.18. The summed E-state index contributed by atoms with van der Waals surface area (Å²) in [5.41, 5.74) is 1.53. The molecule has 8 heteroatoms. The quantitative estimate of drug-likeness (QED) is 0.371. The van der Waals surface area contributed by atoms with Gasteiger partial charge in [0.2, 0.25) is 10.0 Å². The van der Waals surface area contributed by atoms with E-state index in [-0.39, 0.29) is 22.8 Å². The van der Waals surface area contributed by atoms with E-state index in [2.05, 4.69) is 23.5 Å². The van der Waals surface area contributed by atoms with Crippen molar-refractivity contribution in [1.29, 1.82) is 0 Å². The molecule has 2 rings (SSSR count). The summed E-state index contributed by atoms with van der Waals surface area (Å²) in [7, 11) is -3.45. The molecular weight excluding hydrogens is 468 g/mol. The maximum absolute atomic E-state index is 12.8. The fourth-order valence-corrected chi connectivity index (χ4v) is 3.33. The van der Waals surface area contributed by atoms with E-state index in [0.29, 0.717) is 23.6 Å². The van der Waals surface area contributed by atoms with Gasteiger partial charge in [-0.05, 0) is 42.9 Å². The van der Waals surface area contributed by atoms with Crippen LogP contribution in [0.2, 0.25) is 0 Å². The second-order valence-corrected chi connectivity index (χ2v) is 8.32. The number of hydrogen-bond acceptors (Lipinski definition) is 5. The number of carbonyl (C=O) groups is 1. The first-order valence-electron chi connectivity index (χ1n) is 9.56. The molecule has 2 aromatic carbocycles. The number of nitrogens with one attached hydrogen (secondary N) is 1. The van der Waals surface area contributed by atoms with Gasteiger partial charge in [0.05, 0.1) is 11.8 Å². The smallest absolute Gasteiger partial charge is 0.229 e. The number of nitrogens with zero attached hydrogens (tertiary/aromatic N) is 1. The molecular formula is C22H29BrN2O4S. The highest BCUT2D eigenvalue weighted by molar-refractivity contribution is 8.93. The number of halogens is 1. The zero-order chi connectivity index (χ0) is 21.3. The molecule has 0 saturated carbocycles. The van der Waals surface area contributed by atoms with Crippen molar-refractivity contribution in [3.63, 3.8) is 0 Å². The van der Waals surface area contributed by atoms with Crippen LogP contribution in [0.15, 0.2) is 54.6 Å². The maximum atomic E-state index is 12.8. The van der Waals surface area contributed by atoms with E-state index < -0.39 is 10.0 Å². The lowest BCUT2D eigenvalue weighted by atomic mass is 10.1. The van der Waals surface area contributed by atoms with Gasteiger partial charge in [-0.25, -0.2) is 8.42 Å². The van der Waals surface area contributed by atoms with E-state index in [1.165, 1.54) is 12.1 Å². The summed E-state index contributed by atoms with van der Waals surface area (Å²) >= 11 is 0. The number of rotatable bonds is 11. The van der Waals surface area contributed by atoms with E-state index in [1.807, 2.05) is 30.3 Å². The van der Waals surface area contributed by atoms with Gasteiger partial charge in [0.1, 0.15) is 12.4 Å². The van der Waals surface area contributed by atoms with Crippen LogP contribution in [0.4, 0.5) is 5.69 Å².